The maximum Gasteiger partial charge on any atom is 0.137 e. The van der Waals surface area contributed by atoms with E-state index in [0.717, 1.165) is 44.2 Å². The minimum atomic E-state index is -0.741. The first-order valence-electron chi connectivity index (χ1n) is 8.43. The van der Waals surface area contributed by atoms with Crippen LogP contribution >= 0.6 is 0 Å². The van der Waals surface area contributed by atoms with Crippen LogP contribution in [0.2, 0.25) is 0 Å². The van der Waals surface area contributed by atoms with Crippen LogP contribution in [-0.4, -0.2) is 25.0 Å². The molecule has 0 fully saturated rings. The highest BCUT2D eigenvalue weighted by Crippen LogP contribution is 2.33. The first-order valence-corrected chi connectivity index (χ1v) is 8.43. The van der Waals surface area contributed by atoms with Crippen molar-refractivity contribution < 1.29 is 5.11 Å². The first kappa shape index (κ1) is 14.9. The number of rotatable bonds is 3. The van der Waals surface area contributed by atoms with E-state index in [1.807, 2.05) is 67.3 Å². The van der Waals surface area contributed by atoms with Crippen LogP contribution in [0.15, 0.2) is 73.4 Å². The Morgan fingerprint density at radius 3 is 2.73 bits per heavy atom. The van der Waals surface area contributed by atoms with Gasteiger partial charge in [0.15, 0.2) is 0 Å². The average Bonchev–Trinajstić information content (AvgIpc) is 3.34. The summed E-state index contributed by atoms with van der Waals surface area (Å²) in [5.41, 5.74) is 5.42. The third kappa shape index (κ3) is 2.29. The SMILES string of the molecule is OC(c1cccc2[nH]ccc12)c1c[nH]c2ncc(-c3cccnc3)cc12. The number of nitrogens with one attached hydrogen (secondary N) is 2. The number of nitrogens with zero attached hydrogens (tertiary/aromatic N) is 2. The van der Waals surface area contributed by atoms with Gasteiger partial charge >= 0.3 is 0 Å². The monoisotopic (exact) mass is 340 g/mol. The van der Waals surface area contributed by atoms with Gasteiger partial charge in [-0.25, -0.2) is 4.98 Å². The van der Waals surface area contributed by atoms with Crippen molar-refractivity contribution in [1.82, 2.24) is 19.9 Å². The van der Waals surface area contributed by atoms with Crippen molar-refractivity contribution in [3.05, 3.63) is 84.6 Å². The van der Waals surface area contributed by atoms with Crippen molar-refractivity contribution in [1.29, 1.82) is 0 Å². The van der Waals surface area contributed by atoms with Gasteiger partial charge in [-0.2, -0.15) is 0 Å². The highest BCUT2D eigenvalue weighted by molar-refractivity contribution is 5.88. The highest BCUT2D eigenvalue weighted by Gasteiger charge is 2.18. The third-order valence-electron chi connectivity index (χ3n) is 4.78. The summed E-state index contributed by atoms with van der Waals surface area (Å²) in [4.78, 5) is 15.0. The van der Waals surface area contributed by atoms with Gasteiger partial charge in [0.05, 0.1) is 0 Å². The lowest BCUT2D eigenvalue weighted by Crippen LogP contribution is -1.99. The number of pyridine rings is 2. The van der Waals surface area contributed by atoms with Crippen LogP contribution in [0.4, 0.5) is 0 Å². The molecule has 0 bridgehead atoms. The molecular formula is C21H16N4O. The summed E-state index contributed by atoms with van der Waals surface area (Å²) in [6.45, 7) is 0. The van der Waals surface area contributed by atoms with E-state index in [4.69, 9.17) is 0 Å². The summed E-state index contributed by atoms with van der Waals surface area (Å²) in [6, 6.07) is 13.8. The zero-order valence-electron chi connectivity index (χ0n) is 13.8. The minimum Gasteiger partial charge on any atom is -0.384 e. The number of hydrogen-bond donors (Lipinski definition) is 3. The summed E-state index contributed by atoms with van der Waals surface area (Å²) in [5.74, 6) is 0. The molecule has 5 nitrogen and oxygen atoms in total. The van der Waals surface area contributed by atoms with E-state index in [2.05, 4.69) is 19.9 Å². The maximum atomic E-state index is 11.1. The predicted molar refractivity (Wildman–Crippen MR) is 102 cm³/mol. The fourth-order valence-electron chi connectivity index (χ4n) is 3.46. The Hall–Kier alpha value is -3.44. The number of aromatic nitrogens is 4. The van der Waals surface area contributed by atoms with E-state index in [-0.39, 0.29) is 0 Å². The second kappa shape index (κ2) is 5.82. The van der Waals surface area contributed by atoms with Crippen molar-refractivity contribution in [2.75, 3.05) is 0 Å². The van der Waals surface area contributed by atoms with Gasteiger partial charge in [0.25, 0.3) is 0 Å². The molecular weight excluding hydrogens is 324 g/mol. The lowest BCUT2D eigenvalue weighted by molar-refractivity contribution is 0.223. The van der Waals surface area contributed by atoms with Gasteiger partial charge in [0.2, 0.25) is 0 Å². The van der Waals surface area contributed by atoms with Crippen molar-refractivity contribution in [3.8, 4) is 11.1 Å². The van der Waals surface area contributed by atoms with Crippen LogP contribution < -0.4 is 0 Å². The molecule has 0 aliphatic rings. The molecule has 1 aromatic carbocycles. The van der Waals surface area contributed by atoms with Gasteiger partial charge in [-0.3, -0.25) is 4.98 Å². The number of aromatic amines is 2. The Bertz CT molecular complexity index is 1210. The molecule has 5 rings (SSSR count). The van der Waals surface area contributed by atoms with Crippen LogP contribution in [0.25, 0.3) is 33.1 Å². The maximum absolute atomic E-state index is 11.1. The molecule has 0 spiro atoms. The smallest absolute Gasteiger partial charge is 0.137 e. The molecule has 0 aliphatic heterocycles. The van der Waals surface area contributed by atoms with Crippen LogP contribution in [0.3, 0.4) is 0 Å². The second-order valence-corrected chi connectivity index (χ2v) is 6.29. The quantitative estimate of drug-likeness (QED) is 0.461. The Labute approximate surface area is 149 Å². The largest absolute Gasteiger partial charge is 0.384 e. The van der Waals surface area contributed by atoms with Crippen LogP contribution in [0.1, 0.15) is 17.2 Å². The number of benzene rings is 1. The Kier molecular flexibility index (Phi) is 3.33. The Morgan fingerprint density at radius 1 is 0.885 bits per heavy atom. The predicted octanol–water partition coefficient (Wildman–Crippen LogP) is 4.19. The summed E-state index contributed by atoms with van der Waals surface area (Å²) in [7, 11) is 0. The van der Waals surface area contributed by atoms with Gasteiger partial charge in [0, 0.05) is 64.0 Å². The number of fused-ring (bicyclic) bond motifs is 2. The summed E-state index contributed by atoms with van der Waals surface area (Å²) in [6.07, 6.45) is 8.36. The number of aliphatic hydroxyl groups is 1. The topological polar surface area (TPSA) is 77.6 Å². The molecule has 4 aromatic heterocycles. The molecule has 0 aliphatic carbocycles. The van der Waals surface area contributed by atoms with Gasteiger partial charge in [-0.05, 0) is 29.8 Å². The summed E-state index contributed by atoms with van der Waals surface area (Å²) >= 11 is 0. The molecule has 5 aromatic rings. The van der Waals surface area contributed by atoms with E-state index in [0.29, 0.717) is 0 Å². The zero-order valence-corrected chi connectivity index (χ0v) is 13.8. The normalized spacial score (nSPS) is 12.7. The van der Waals surface area contributed by atoms with E-state index in [1.165, 1.54) is 0 Å². The van der Waals surface area contributed by atoms with Crippen LogP contribution in [0, 0.1) is 0 Å². The van der Waals surface area contributed by atoms with Gasteiger partial charge in [-0.1, -0.05) is 18.2 Å². The lowest BCUT2D eigenvalue weighted by atomic mass is 9.97. The Balaban J connectivity index is 1.66. The van der Waals surface area contributed by atoms with E-state index >= 15 is 0 Å². The fourth-order valence-corrected chi connectivity index (χ4v) is 3.46. The van der Waals surface area contributed by atoms with E-state index in [1.54, 1.807) is 6.20 Å². The first-order chi connectivity index (χ1) is 12.8. The van der Waals surface area contributed by atoms with Crippen molar-refractivity contribution >= 4 is 21.9 Å². The minimum absolute atomic E-state index is 0.741. The molecule has 3 N–H and O–H groups in total. The van der Waals surface area contributed by atoms with Crippen molar-refractivity contribution in [3.63, 3.8) is 0 Å². The zero-order chi connectivity index (χ0) is 17.5. The van der Waals surface area contributed by atoms with Crippen molar-refractivity contribution in [2.45, 2.75) is 6.10 Å². The molecule has 0 saturated heterocycles. The molecule has 4 heterocycles. The second-order valence-electron chi connectivity index (χ2n) is 6.29. The Morgan fingerprint density at radius 2 is 1.85 bits per heavy atom. The number of hydrogen-bond acceptors (Lipinski definition) is 3. The average molecular weight is 340 g/mol. The standard InChI is InChI=1S/C21H16N4O/c26-20(16-4-1-5-19-15(16)6-8-23-19)18-12-25-21-17(18)9-14(11-24-21)13-3-2-7-22-10-13/h1-12,20,23,26H,(H,24,25). The number of aliphatic hydroxyl groups excluding tert-OH is 1. The fraction of sp³-hybridized carbons (Fsp3) is 0.0476. The number of H-pyrrole nitrogens is 2. The van der Waals surface area contributed by atoms with Crippen molar-refractivity contribution in [2.24, 2.45) is 0 Å². The van der Waals surface area contributed by atoms with Gasteiger partial charge in [-0.15, -0.1) is 0 Å². The van der Waals surface area contributed by atoms with Crippen LogP contribution in [0.5, 0.6) is 0 Å². The van der Waals surface area contributed by atoms with Gasteiger partial charge in [0.1, 0.15) is 11.8 Å². The third-order valence-corrected chi connectivity index (χ3v) is 4.78. The van der Waals surface area contributed by atoms with E-state index < -0.39 is 6.10 Å². The molecule has 126 valence electrons. The molecule has 0 radical (unpaired) electrons. The van der Waals surface area contributed by atoms with Gasteiger partial charge < -0.3 is 15.1 Å². The lowest BCUT2D eigenvalue weighted by Gasteiger charge is -2.12. The molecule has 1 unspecified atom stereocenters. The van der Waals surface area contributed by atoms with E-state index in [9.17, 15) is 5.11 Å². The summed E-state index contributed by atoms with van der Waals surface area (Å²) in [5, 5.41) is 13.0. The molecule has 5 heteroatoms. The summed E-state index contributed by atoms with van der Waals surface area (Å²) < 4.78 is 0. The van der Waals surface area contributed by atoms with Crippen LogP contribution in [-0.2, 0) is 0 Å². The molecule has 1 atom stereocenters. The molecule has 0 saturated carbocycles. The highest BCUT2D eigenvalue weighted by atomic mass is 16.3. The molecule has 0 amide bonds. The molecule has 26 heavy (non-hydrogen) atoms.